The van der Waals surface area contributed by atoms with Crippen LogP contribution in [0.2, 0.25) is 0 Å². The molecule has 0 aliphatic carbocycles. The number of halogens is 1. The second kappa shape index (κ2) is 6.13. The number of benzene rings is 1. The van der Waals surface area contributed by atoms with Crippen LogP contribution in [0.3, 0.4) is 0 Å². The van der Waals surface area contributed by atoms with Gasteiger partial charge in [-0.2, -0.15) is 0 Å². The molecule has 0 saturated heterocycles. The van der Waals surface area contributed by atoms with Crippen LogP contribution >= 0.6 is 15.9 Å². The van der Waals surface area contributed by atoms with Crippen LogP contribution < -0.4 is 5.32 Å². The lowest BCUT2D eigenvalue weighted by Gasteiger charge is -2.16. The van der Waals surface area contributed by atoms with Crippen molar-refractivity contribution in [3.8, 4) is 0 Å². The van der Waals surface area contributed by atoms with Gasteiger partial charge in [0, 0.05) is 5.69 Å². The van der Waals surface area contributed by atoms with Crippen molar-refractivity contribution >= 4 is 27.6 Å². The molecule has 0 spiro atoms. The van der Waals surface area contributed by atoms with Crippen LogP contribution in [0.4, 0.5) is 5.69 Å². The summed E-state index contributed by atoms with van der Waals surface area (Å²) < 4.78 is 10.9. The molecule has 2 rings (SSSR count). The van der Waals surface area contributed by atoms with Crippen molar-refractivity contribution in [2.45, 2.75) is 19.9 Å². The predicted octanol–water partition coefficient (Wildman–Crippen LogP) is 4.31. The van der Waals surface area contributed by atoms with E-state index in [1.54, 1.807) is 12.1 Å². The van der Waals surface area contributed by atoms with E-state index >= 15 is 0 Å². The van der Waals surface area contributed by atoms with Gasteiger partial charge in [0.2, 0.25) is 0 Å². The van der Waals surface area contributed by atoms with Gasteiger partial charge in [-0.05, 0) is 59.6 Å². The standard InChI is InChI=1S/C15H16BrNO3/c1-9-4-5-11(15(18)19-3)8-12(9)17-10(2)13-6-7-14(16)20-13/h4-8,10,17H,1-3H3. The number of anilines is 1. The average Bonchev–Trinajstić information content (AvgIpc) is 2.87. The van der Waals surface area contributed by atoms with Gasteiger partial charge in [-0.15, -0.1) is 0 Å². The van der Waals surface area contributed by atoms with Crippen LogP contribution in [-0.2, 0) is 4.74 Å². The quantitative estimate of drug-likeness (QED) is 0.844. The highest BCUT2D eigenvalue weighted by molar-refractivity contribution is 9.10. The zero-order chi connectivity index (χ0) is 14.7. The summed E-state index contributed by atoms with van der Waals surface area (Å²) in [7, 11) is 1.37. The number of hydrogen-bond acceptors (Lipinski definition) is 4. The van der Waals surface area contributed by atoms with E-state index in [0.717, 1.165) is 17.0 Å². The van der Waals surface area contributed by atoms with Gasteiger partial charge in [0.1, 0.15) is 5.76 Å². The summed E-state index contributed by atoms with van der Waals surface area (Å²) in [6, 6.07) is 9.18. The molecule has 0 saturated carbocycles. The smallest absolute Gasteiger partial charge is 0.337 e. The molecule has 0 radical (unpaired) electrons. The van der Waals surface area contributed by atoms with Gasteiger partial charge >= 0.3 is 5.97 Å². The normalized spacial score (nSPS) is 12.0. The largest absolute Gasteiger partial charge is 0.465 e. The summed E-state index contributed by atoms with van der Waals surface area (Å²) in [5, 5.41) is 3.34. The molecule has 1 heterocycles. The molecule has 0 bridgehead atoms. The van der Waals surface area contributed by atoms with Crippen molar-refractivity contribution in [3.63, 3.8) is 0 Å². The fourth-order valence-electron chi connectivity index (χ4n) is 1.89. The molecule has 2 aromatic rings. The zero-order valence-electron chi connectivity index (χ0n) is 11.6. The Kier molecular flexibility index (Phi) is 4.49. The summed E-state index contributed by atoms with van der Waals surface area (Å²) in [6.07, 6.45) is 0. The number of esters is 1. The molecule has 0 fully saturated rings. The van der Waals surface area contributed by atoms with Gasteiger partial charge in [0.25, 0.3) is 0 Å². The van der Waals surface area contributed by atoms with Crippen LogP contribution in [0.1, 0.15) is 34.6 Å². The summed E-state index contributed by atoms with van der Waals surface area (Å²) in [4.78, 5) is 11.6. The highest BCUT2D eigenvalue weighted by Gasteiger charge is 2.13. The Bertz CT molecular complexity index is 621. The first-order valence-electron chi connectivity index (χ1n) is 6.22. The molecule has 0 aliphatic heterocycles. The molecule has 20 heavy (non-hydrogen) atoms. The molecular weight excluding hydrogens is 322 g/mol. The van der Waals surface area contributed by atoms with Gasteiger partial charge in [0.15, 0.2) is 4.67 Å². The maximum absolute atomic E-state index is 11.6. The first-order chi connectivity index (χ1) is 9.51. The first-order valence-corrected chi connectivity index (χ1v) is 7.01. The fourth-order valence-corrected chi connectivity index (χ4v) is 2.21. The lowest BCUT2D eigenvalue weighted by atomic mass is 10.1. The van der Waals surface area contributed by atoms with Crippen molar-refractivity contribution in [2.75, 3.05) is 12.4 Å². The maximum atomic E-state index is 11.6. The highest BCUT2D eigenvalue weighted by Crippen LogP contribution is 2.26. The number of carbonyl (C=O) groups is 1. The van der Waals surface area contributed by atoms with Crippen molar-refractivity contribution in [3.05, 3.63) is 51.9 Å². The third-order valence-electron chi connectivity index (χ3n) is 3.05. The Morgan fingerprint density at radius 2 is 2.10 bits per heavy atom. The molecule has 1 atom stereocenters. The molecule has 4 nitrogen and oxygen atoms in total. The Balaban J connectivity index is 2.22. The van der Waals surface area contributed by atoms with Gasteiger partial charge in [-0.25, -0.2) is 4.79 Å². The summed E-state index contributed by atoms with van der Waals surface area (Å²) >= 11 is 3.28. The van der Waals surface area contributed by atoms with Crippen LogP contribution in [0.15, 0.2) is 39.4 Å². The van der Waals surface area contributed by atoms with E-state index in [2.05, 4.69) is 21.2 Å². The molecule has 1 aromatic carbocycles. The van der Waals surface area contributed by atoms with E-state index in [4.69, 9.17) is 9.15 Å². The van der Waals surface area contributed by atoms with Gasteiger partial charge in [-0.1, -0.05) is 6.07 Å². The van der Waals surface area contributed by atoms with E-state index < -0.39 is 0 Å². The monoisotopic (exact) mass is 337 g/mol. The van der Waals surface area contributed by atoms with Gasteiger partial charge in [0.05, 0.1) is 18.7 Å². The number of aryl methyl sites for hydroxylation is 1. The van der Waals surface area contributed by atoms with Crippen LogP contribution in [-0.4, -0.2) is 13.1 Å². The third kappa shape index (κ3) is 3.22. The maximum Gasteiger partial charge on any atom is 0.337 e. The molecule has 0 aliphatic rings. The molecule has 5 heteroatoms. The van der Waals surface area contributed by atoms with Gasteiger partial charge < -0.3 is 14.5 Å². The highest BCUT2D eigenvalue weighted by atomic mass is 79.9. The number of ether oxygens (including phenoxy) is 1. The number of rotatable bonds is 4. The minimum Gasteiger partial charge on any atom is -0.465 e. The lowest BCUT2D eigenvalue weighted by Crippen LogP contribution is -2.08. The van der Waals surface area contributed by atoms with Crippen LogP contribution in [0.25, 0.3) is 0 Å². The number of nitrogens with one attached hydrogen (secondary N) is 1. The fraction of sp³-hybridized carbons (Fsp3) is 0.267. The Morgan fingerprint density at radius 1 is 1.35 bits per heavy atom. The van der Waals surface area contributed by atoms with E-state index in [-0.39, 0.29) is 12.0 Å². The van der Waals surface area contributed by atoms with E-state index in [1.807, 2.05) is 32.0 Å². The average molecular weight is 338 g/mol. The van der Waals surface area contributed by atoms with Crippen molar-refractivity contribution in [1.82, 2.24) is 0 Å². The molecular formula is C15H16BrNO3. The topological polar surface area (TPSA) is 51.5 Å². The second-order valence-corrected chi connectivity index (χ2v) is 5.31. The van der Waals surface area contributed by atoms with Crippen LogP contribution in [0, 0.1) is 6.92 Å². The number of furan rings is 1. The summed E-state index contributed by atoms with van der Waals surface area (Å²) in [6.45, 7) is 3.98. The van der Waals surface area contributed by atoms with Crippen LogP contribution in [0.5, 0.6) is 0 Å². The predicted molar refractivity (Wildman–Crippen MR) is 81.0 cm³/mol. The molecule has 1 aromatic heterocycles. The molecule has 1 N–H and O–H groups in total. The molecule has 0 amide bonds. The van der Waals surface area contributed by atoms with Crippen molar-refractivity contribution in [2.24, 2.45) is 0 Å². The Hall–Kier alpha value is -1.75. The Labute approximate surface area is 126 Å². The van der Waals surface area contributed by atoms with Crippen molar-refractivity contribution < 1.29 is 13.9 Å². The minimum absolute atomic E-state index is 0.00658. The second-order valence-electron chi connectivity index (χ2n) is 4.53. The number of carbonyl (C=O) groups excluding carboxylic acids is 1. The van der Waals surface area contributed by atoms with E-state index in [1.165, 1.54) is 7.11 Å². The lowest BCUT2D eigenvalue weighted by molar-refractivity contribution is 0.0601. The number of hydrogen-bond donors (Lipinski definition) is 1. The van der Waals surface area contributed by atoms with Gasteiger partial charge in [-0.3, -0.25) is 0 Å². The van der Waals surface area contributed by atoms with Crippen molar-refractivity contribution in [1.29, 1.82) is 0 Å². The minimum atomic E-state index is -0.346. The first kappa shape index (κ1) is 14.7. The third-order valence-corrected chi connectivity index (χ3v) is 3.48. The number of methoxy groups -OCH3 is 1. The Morgan fingerprint density at radius 3 is 2.70 bits per heavy atom. The molecule has 1 unspecified atom stereocenters. The zero-order valence-corrected chi connectivity index (χ0v) is 13.2. The summed E-state index contributed by atoms with van der Waals surface area (Å²) in [5.74, 6) is 0.473. The summed E-state index contributed by atoms with van der Waals surface area (Å²) in [5.41, 5.74) is 2.46. The molecule has 106 valence electrons. The SMILES string of the molecule is COC(=O)c1ccc(C)c(NC(C)c2ccc(Br)o2)c1. The van der Waals surface area contributed by atoms with E-state index in [9.17, 15) is 4.79 Å². The van der Waals surface area contributed by atoms with E-state index in [0.29, 0.717) is 10.2 Å².